The maximum atomic E-state index is 11.0. The van der Waals surface area contributed by atoms with E-state index in [4.69, 9.17) is 10.8 Å². The van der Waals surface area contributed by atoms with Crippen molar-refractivity contribution in [2.45, 2.75) is 19.4 Å². The molecule has 0 saturated heterocycles. The van der Waals surface area contributed by atoms with Crippen LogP contribution in [0, 0.1) is 0 Å². The Morgan fingerprint density at radius 2 is 1.88 bits per heavy atom. The summed E-state index contributed by atoms with van der Waals surface area (Å²) < 4.78 is 0. The maximum Gasteiger partial charge on any atom is 0.159 e. The molecule has 0 amide bonds. The van der Waals surface area contributed by atoms with Crippen molar-refractivity contribution in [3.63, 3.8) is 0 Å². The van der Waals surface area contributed by atoms with E-state index in [9.17, 15) is 9.59 Å². The van der Waals surface area contributed by atoms with E-state index >= 15 is 0 Å². The Morgan fingerprint density at radius 1 is 1.38 bits per heavy atom. The molecule has 1 atom stereocenters. The molecule has 0 aliphatic rings. The number of aliphatic hydroxyl groups is 1. The Bertz CT molecular complexity index is 333. The van der Waals surface area contributed by atoms with Crippen LogP contribution < -0.4 is 5.73 Å². The van der Waals surface area contributed by atoms with Gasteiger partial charge >= 0.3 is 0 Å². The maximum absolute atomic E-state index is 11.0. The molecule has 4 nitrogen and oxygen atoms in total. The molecule has 0 fully saturated rings. The average molecular weight is 223 g/mol. The minimum Gasteiger partial charge on any atom is -0.400 e. The van der Waals surface area contributed by atoms with Crippen molar-refractivity contribution in [2.75, 3.05) is 7.11 Å². The van der Waals surface area contributed by atoms with Crippen molar-refractivity contribution in [3.05, 3.63) is 35.4 Å². The van der Waals surface area contributed by atoms with Gasteiger partial charge in [0.1, 0.15) is 6.29 Å². The number of carbonyl (C=O) groups is 2. The summed E-state index contributed by atoms with van der Waals surface area (Å²) in [5, 5.41) is 7.00. The first kappa shape index (κ1) is 14.5. The molecule has 0 aliphatic heterocycles. The Labute approximate surface area is 95.1 Å². The van der Waals surface area contributed by atoms with Crippen molar-refractivity contribution in [1.29, 1.82) is 0 Å². The molecule has 0 heterocycles. The number of carbonyl (C=O) groups excluding carboxylic acids is 2. The third kappa shape index (κ3) is 4.82. The molecule has 1 unspecified atom stereocenters. The topological polar surface area (TPSA) is 80.4 Å². The molecule has 0 spiro atoms. The van der Waals surface area contributed by atoms with E-state index in [1.54, 1.807) is 12.1 Å². The summed E-state index contributed by atoms with van der Waals surface area (Å²) in [7, 11) is 1.00. The van der Waals surface area contributed by atoms with Crippen LogP contribution in [0.4, 0.5) is 0 Å². The smallest absolute Gasteiger partial charge is 0.159 e. The zero-order valence-electron chi connectivity index (χ0n) is 9.51. The van der Waals surface area contributed by atoms with Gasteiger partial charge in [-0.1, -0.05) is 24.3 Å². The molecule has 88 valence electrons. The van der Waals surface area contributed by atoms with Gasteiger partial charge in [0.05, 0.1) is 6.04 Å². The largest absolute Gasteiger partial charge is 0.400 e. The quantitative estimate of drug-likeness (QED) is 0.577. The van der Waals surface area contributed by atoms with Gasteiger partial charge in [0.2, 0.25) is 0 Å². The minimum atomic E-state index is -0.460. The first-order valence-electron chi connectivity index (χ1n) is 4.89. The Kier molecular flexibility index (Phi) is 7.00. The lowest BCUT2D eigenvalue weighted by Crippen LogP contribution is -2.23. The van der Waals surface area contributed by atoms with Crippen LogP contribution >= 0.6 is 0 Å². The lowest BCUT2D eigenvalue weighted by atomic mass is 10.0. The predicted molar refractivity (Wildman–Crippen MR) is 62.3 cm³/mol. The molecule has 0 saturated carbocycles. The lowest BCUT2D eigenvalue weighted by Gasteiger charge is -2.04. The number of nitrogens with two attached hydrogens (primary N) is 1. The summed E-state index contributed by atoms with van der Waals surface area (Å²) in [6, 6.07) is 6.67. The van der Waals surface area contributed by atoms with Crippen LogP contribution in [0.25, 0.3) is 0 Å². The molecule has 1 aromatic carbocycles. The molecule has 0 aromatic heterocycles. The molecular weight excluding hydrogens is 206 g/mol. The Hall–Kier alpha value is -1.52. The van der Waals surface area contributed by atoms with Gasteiger partial charge in [-0.05, 0) is 18.9 Å². The summed E-state index contributed by atoms with van der Waals surface area (Å²) in [5.41, 5.74) is 7.11. The zero-order chi connectivity index (χ0) is 12.6. The average Bonchev–Trinajstić information content (AvgIpc) is 2.32. The number of rotatable bonds is 4. The molecule has 0 bridgehead atoms. The zero-order valence-corrected chi connectivity index (χ0v) is 9.51. The fourth-order valence-corrected chi connectivity index (χ4v) is 1.20. The highest BCUT2D eigenvalue weighted by molar-refractivity contribution is 5.94. The van der Waals surface area contributed by atoms with E-state index in [-0.39, 0.29) is 5.78 Å². The van der Waals surface area contributed by atoms with Crippen LogP contribution in [0.3, 0.4) is 0 Å². The molecule has 16 heavy (non-hydrogen) atoms. The number of aliphatic hydroxyl groups excluding tert-OH is 1. The third-order valence-corrected chi connectivity index (χ3v) is 2.01. The molecule has 1 aromatic rings. The summed E-state index contributed by atoms with van der Waals surface area (Å²) in [6.07, 6.45) is 1.24. The fourth-order valence-electron chi connectivity index (χ4n) is 1.20. The lowest BCUT2D eigenvalue weighted by molar-refractivity contribution is -0.108. The summed E-state index contributed by atoms with van der Waals surface area (Å²) >= 11 is 0. The molecule has 1 rings (SSSR count). The first-order valence-corrected chi connectivity index (χ1v) is 4.89. The third-order valence-electron chi connectivity index (χ3n) is 2.01. The van der Waals surface area contributed by atoms with Crippen LogP contribution in [0.1, 0.15) is 22.8 Å². The molecule has 3 N–H and O–H groups in total. The van der Waals surface area contributed by atoms with Crippen molar-refractivity contribution in [2.24, 2.45) is 5.73 Å². The summed E-state index contributed by atoms with van der Waals surface area (Å²) in [6.45, 7) is 1.52. The molecule has 4 heteroatoms. The Balaban J connectivity index is 0.00000106. The van der Waals surface area contributed by atoms with Crippen LogP contribution in [-0.2, 0) is 11.2 Å². The van der Waals surface area contributed by atoms with E-state index < -0.39 is 6.04 Å². The van der Waals surface area contributed by atoms with Gasteiger partial charge in [0.15, 0.2) is 5.78 Å². The second kappa shape index (κ2) is 7.73. The van der Waals surface area contributed by atoms with Crippen molar-refractivity contribution >= 4 is 12.1 Å². The summed E-state index contributed by atoms with van der Waals surface area (Å²) in [5.74, 6) is 0.0382. The summed E-state index contributed by atoms with van der Waals surface area (Å²) in [4.78, 5) is 21.3. The van der Waals surface area contributed by atoms with Gasteiger partial charge in [-0.3, -0.25) is 4.79 Å². The van der Waals surface area contributed by atoms with Gasteiger partial charge in [-0.15, -0.1) is 0 Å². The van der Waals surface area contributed by atoms with Gasteiger partial charge in [-0.2, -0.15) is 0 Å². The van der Waals surface area contributed by atoms with E-state index in [0.717, 1.165) is 19.0 Å². The Morgan fingerprint density at radius 3 is 2.25 bits per heavy atom. The van der Waals surface area contributed by atoms with Crippen LogP contribution in [0.5, 0.6) is 0 Å². The molecule has 0 aliphatic carbocycles. The number of benzene rings is 1. The highest BCUT2D eigenvalue weighted by atomic mass is 16.2. The highest BCUT2D eigenvalue weighted by Gasteiger charge is 2.03. The number of hydrogen-bond acceptors (Lipinski definition) is 4. The number of aldehydes is 1. The van der Waals surface area contributed by atoms with Gasteiger partial charge in [0, 0.05) is 12.7 Å². The molecule has 0 radical (unpaired) electrons. The number of ketones is 1. The first-order chi connectivity index (χ1) is 7.63. The highest BCUT2D eigenvalue weighted by Crippen LogP contribution is 2.06. The van der Waals surface area contributed by atoms with Crippen molar-refractivity contribution < 1.29 is 14.7 Å². The normalized spacial score (nSPS) is 11.0. The molecular formula is C12H17NO3. The van der Waals surface area contributed by atoms with Gasteiger partial charge in [-0.25, -0.2) is 0 Å². The second-order valence-corrected chi connectivity index (χ2v) is 3.26. The van der Waals surface area contributed by atoms with Crippen molar-refractivity contribution in [1.82, 2.24) is 0 Å². The van der Waals surface area contributed by atoms with Gasteiger partial charge < -0.3 is 15.6 Å². The predicted octanol–water partition coefficient (Wildman–Crippen LogP) is 0.566. The van der Waals surface area contributed by atoms with E-state index in [0.29, 0.717) is 12.0 Å². The number of Topliss-reactive ketones (excluding diaryl/α,β-unsaturated/α-hetero) is 1. The number of hydrogen-bond donors (Lipinski definition) is 2. The van der Waals surface area contributed by atoms with Crippen LogP contribution in [-0.4, -0.2) is 30.3 Å². The fraction of sp³-hybridized carbons (Fsp3) is 0.333. The van der Waals surface area contributed by atoms with Crippen LogP contribution in [0.2, 0.25) is 0 Å². The second-order valence-electron chi connectivity index (χ2n) is 3.26. The van der Waals surface area contributed by atoms with Crippen LogP contribution in [0.15, 0.2) is 24.3 Å². The van der Waals surface area contributed by atoms with E-state index in [2.05, 4.69) is 0 Å². The van der Waals surface area contributed by atoms with Crippen molar-refractivity contribution in [3.8, 4) is 0 Å². The monoisotopic (exact) mass is 223 g/mol. The minimum absolute atomic E-state index is 0.0382. The van der Waals surface area contributed by atoms with Gasteiger partial charge in [0.25, 0.3) is 0 Å². The van der Waals surface area contributed by atoms with E-state index in [1.165, 1.54) is 6.92 Å². The standard InChI is InChI=1S/C11H13NO2.CH4O/c1-8(14)10-4-2-9(3-5-10)6-11(12)7-13;1-2/h2-5,7,11H,6,12H2,1H3;2H,1H3. The SMILES string of the molecule is CC(=O)c1ccc(CC(N)C=O)cc1.CO. The van der Waals surface area contributed by atoms with E-state index in [1.807, 2.05) is 12.1 Å².